The molecule has 3 aromatic rings. The summed E-state index contributed by atoms with van der Waals surface area (Å²) in [4.78, 5) is 3.12. The van der Waals surface area contributed by atoms with Crippen LogP contribution < -0.4 is 4.90 Å². The van der Waals surface area contributed by atoms with Crippen molar-refractivity contribution in [2.75, 3.05) is 31.2 Å². The Hall–Kier alpha value is -2.47. The molecule has 0 saturated carbocycles. The Kier molecular flexibility index (Phi) is 5.34. The monoisotopic (exact) mass is 441 g/mol. The van der Waals surface area contributed by atoms with Crippen LogP contribution in [-0.2, 0) is 4.74 Å². The number of halogens is 1. The summed E-state index contributed by atoms with van der Waals surface area (Å²) in [6, 6.07) is 14.2. The van der Waals surface area contributed by atoms with Crippen molar-refractivity contribution in [2.45, 2.75) is 0 Å². The van der Waals surface area contributed by atoms with Gasteiger partial charge in [-0.1, -0.05) is 18.2 Å². The van der Waals surface area contributed by atoms with Crippen LogP contribution in [0.25, 0.3) is 17.3 Å². The van der Waals surface area contributed by atoms with Crippen molar-refractivity contribution >= 4 is 44.9 Å². The molecule has 0 atom stereocenters. The average molecular weight is 442 g/mol. The molecule has 1 aromatic carbocycles. The zero-order valence-electron chi connectivity index (χ0n) is 14.4. The third-order valence-corrected chi connectivity index (χ3v) is 5.83. The number of aromatic nitrogens is 3. The zero-order chi connectivity index (χ0) is 18.6. The van der Waals surface area contributed by atoms with Crippen molar-refractivity contribution in [3.63, 3.8) is 0 Å². The highest BCUT2D eigenvalue weighted by Crippen LogP contribution is 2.28. The van der Waals surface area contributed by atoms with E-state index in [-0.39, 0.29) is 0 Å². The van der Waals surface area contributed by atoms with Crippen LogP contribution in [0.2, 0.25) is 0 Å². The molecule has 6 nitrogen and oxygen atoms in total. The summed E-state index contributed by atoms with van der Waals surface area (Å²) in [5.74, 6) is 1.27. The first kappa shape index (κ1) is 17.9. The molecule has 1 aliphatic heterocycles. The van der Waals surface area contributed by atoms with Crippen LogP contribution in [0.4, 0.5) is 5.95 Å². The maximum absolute atomic E-state index is 9.80. The molecule has 0 radical (unpaired) electrons. The van der Waals surface area contributed by atoms with Gasteiger partial charge in [-0.2, -0.15) is 5.26 Å². The minimum absolute atomic E-state index is 0.472. The highest BCUT2D eigenvalue weighted by atomic mass is 79.9. The number of thiophene rings is 1. The molecule has 0 amide bonds. The lowest BCUT2D eigenvalue weighted by Crippen LogP contribution is -2.38. The number of anilines is 1. The van der Waals surface area contributed by atoms with Crippen LogP contribution >= 0.6 is 27.3 Å². The van der Waals surface area contributed by atoms with E-state index in [1.807, 2.05) is 52.4 Å². The number of rotatable bonds is 4. The molecule has 1 aliphatic rings. The van der Waals surface area contributed by atoms with E-state index in [9.17, 15) is 5.26 Å². The van der Waals surface area contributed by atoms with Crippen molar-refractivity contribution in [3.05, 3.63) is 57.0 Å². The molecule has 1 fully saturated rings. The second kappa shape index (κ2) is 8.05. The lowest BCUT2D eigenvalue weighted by atomic mass is 10.2. The van der Waals surface area contributed by atoms with E-state index in [2.05, 4.69) is 37.1 Å². The standard InChI is InChI=1S/C19H16BrN5OS/c20-15-11-17(27-13-15)10-14(12-21)18-22-23-19(24-6-8-26-9-7-24)25(18)16-4-2-1-3-5-16/h1-5,10-11,13H,6-9H2/b14-10+. The van der Waals surface area contributed by atoms with Crippen molar-refractivity contribution < 1.29 is 4.74 Å². The topological polar surface area (TPSA) is 67.0 Å². The van der Waals surface area contributed by atoms with Gasteiger partial charge >= 0.3 is 0 Å². The van der Waals surface area contributed by atoms with Crippen LogP contribution in [0.1, 0.15) is 10.7 Å². The fourth-order valence-corrected chi connectivity index (χ4v) is 4.30. The SMILES string of the molecule is N#C/C(=C\c1cc(Br)cs1)c1nnc(N2CCOCC2)n1-c1ccccc1. The highest BCUT2D eigenvalue weighted by molar-refractivity contribution is 9.10. The summed E-state index contributed by atoms with van der Waals surface area (Å²) in [6.07, 6.45) is 1.85. The van der Waals surface area contributed by atoms with Crippen LogP contribution in [-0.4, -0.2) is 41.1 Å². The molecule has 136 valence electrons. The first-order valence-electron chi connectivity index (χ1n) is 8.46. The fraction of sp³-hybridized carbons (Fsp3) is 0.211. The van der Waals surface area contributed by atoms with Crippen molar-refractivity contribution in [2.24, 2.45) is 0 Å². The highest BCUT2D eigenvalue weighted by Gasteiger charge is 2.23. The Balaban J connectivity index is 1.83. The quantitative estimate of drug-likeness (QED) is 0.572. The number of hydrogen-bond donors (Lipinski definition) is 0. The van der Waals surface area contributed by atoms with Gasteiger partial charge in [-0.25, -0.2) is 0 Å². The van der Waals surface area contributed by atoms with Gasteiger partial charge in [-0.15, -0.1) is 21.5 Å². The average Bonchev–Trinajstić information content (AvgIpc) is 3.33. The summed E-state index contributed by atoms with van der Waals surface area (Å²) < 4.78 is 8.40. The van der Waals surface area contributed by atoms with E-state index in [4.69, 9.17) is 4.74 Å². The predicted octanol–water partition coefficient (Wildman–Crippen LogP) is 3.99. The smallest absolute Gasteiger partial charge is 0.232 e. The van der Waals surface area contributed by atoms with Crippen molar-refractivity contribution in [1.29, 1.82) is 5.26 Å². The minimum atomic E-state index is 0.472. The summed E-state index contributed by atoms with van der Waals surface area (Å²) in [7, 11) is 0. The molecule has 2 aromatic heterocycles. The Morgan fingerprint density at radius 2 is 2.00 bits per heavy atom. The van der Waals surface area contributed by atoms with E-state index >= 15 is 0 Å². The van der Waals surface area contributed by atoms with Crippen LogP contribution in [0, 0.1) is 11.3 Å². The lowest BCUT2D eigenvalue weighted by molar-refractivity contribution is 0.122. The first-order chi connectivity index (χ1) is 13.3. The normalized spacial score (nSPS) is 15.0. The van der Waals surface area contributed by atoms with Gasteiger partial charge in [0.1, 0.15) is 6.07 Å². The fourth-order valence-electron chi connectivity index (χ4n) is 2.93. The van der Waals surface area contributed by atoms with Crippen molar-refractivity contribution in [3.8, 4) is 11.8 Å². The number of hydrogen-bond acceptors (Lipinski definition) is 6. The number of morpholine rings is 1. The van der Waals surface area contributed by atoms with Gasteiger partial charge in [0.05, 0.1) is 24.5 Å². The van der Waals surface area contributed by atoms with Crippen LogP contribution in [0.3, 0.4) is 0 Å². The molecular weight excluding hydrogens is 426 g/mol. The summed E-state index contributed by atoms with van der Waals surface area (Å²) in [5, 5.41) is 20.6. The van der Waals surface area contributed by atoms with Gasteiger partial charge in [-0.3, -0.25) is 4.57 Å². The molecule has 3 heterocycles. The second-order valence-electron chi connectivity index (χ2n) is 5.93. The summed E-state index contributed by atoms with van der Waals surface area (Å²) in [6.45, 7) is 2.80. The Morgan fingerprint density at radius 3 is 2.67 bits per heavy atom. The van der Waals surface area contributed by atoms with Gasteiger partial charge in [0.25, 0.3) is 0 Å². The second-order valence-corrected chi connectivity index (χ2v) is 7.79. The third kappa shape index (κ3) is 3.81. The summed E-state index contributed by atoms with van der Waals surface area (Å²) >= 11 is 5.02. The molecule has 4 rings (SSSR count). The predicted molar refractivity (Wildman–Crippen MR) is 110 cm³/mol. The minimum Gasteiger partial charge on any atom is -0.378 e. The number of para-hydroxylation sites is 1. The van der Waals surface area contributed by atoms with E-state index in [1.54, 1.807) is 11.3 Å². The molecule has 0 N–H and O–H groups in total. The number of nitrogens with zero attached hydrogens (tertiary/aromatic N) is 5. The van der Waals surface area contributed by atoms with Crippen LogP contribution in [0.5, 0.6) is 0 Å². The summed E-state index contributed by atoms with van der Waals surface area (Å²) in [5.41, 5.74) is 1.40. The van der Waals surface area contributed by atoms with E-state index in [0.29, 0.717) is 24.6 Å². The number of allylic oxidation sites excluding steroid dienone is 1. The zero-order valence-corrected chi connectivity index (χ0v) is 16.8. The Bertz CT molecular complexity index is 999. The lowest BCUT2D eigenvalue weighted by Gasteiger charge is -2.28. The molecule has 1 saturated heterocycles. The molecule has 0 unspecified atom stereocenters. The molecule has 0 spiro atoms. The third-order valence-electron chi connectivity index (χ3n) is 4.19. The van der Waals surface area contributed by atoms with E-state index < -0.39 is 0 Å². The first-order valence-corrected chi connectivity index (χ1v) is 10.1. The van der Waals surface area contributed by atoms with Gasteiger partial charge in [0.15, 0.2) is 5.82 Å². The molecule has 8 heteroatoms. The van der Waals surface area contributed by atoms with E-state index in [1.165, 1.54) is 0 Å². The van der Waals surface area contributed by atoms with Crippen LogP contribution in [0.15, 0.2) is 46.3 Å². The molecule has 0 bridgehead atoms. The molecule has 27 heavy (non-hydrogen) atoms. The molecule has 0 aliphatic carbocycles. The Morgan fingerprint density at radius 1 is 1.22 bits per heavy atom. The largest absolute Gasteiger partial charge is 0.378 e. The molecular formula is C19H16BrN5OS. The van der Waals surface area contributed by atoms with Gasteiger partial charge in [0.2, 0.25) is 5.95 Å². The van der Waals surface area contributed by atoms with E-state index in [0.717, 1.165) is 34.1 Å². The number of ether oxygens (including phenoxy) is 1. The maximum Gasteiger partial charge on any atom is 0.232 e. The van der Waals surface area contributed by atoms with Gasteiger partial charge in [0, 0.05) is 27.8 Å². The van der Waals surface area contributed by atoms with Gasteiger partial charge < -0.3 is 9.64 Å². The van der Waals surface area contributed by atoms with Crippen molar-refractivity contribution in [1.82, 2.24) is 14.8 Å². The number of benzene rings is 1. The Labute approximate surface area is 169 Å². The van der Waals surface area contributed by atoms with Gasteiger partial charge in [-0.05, 0) is 40.2 Å². The maximum atomic E-state index is 9.80. The number of nitriles is 1.